The van der Waals surface area contributed by atoms with Gasteiger partial charge in [-0.2, -0.15) is 0 Å². The summed E-state index contributed by atoms with van der Waals surface area (Å²) in [5.41, 5.74) is 2.93. The molecule has 1 aliphatic heterocycles. The fourth-order valence-corrected chi connectivity index (χ4v) is 2.89. The molecule has 2 heterocycles. The second kappa shape index (κ2) is 5.03. The molecule has 0 bridgehead atoms. The van der Waals surface area contributed by atoms with Gasteiger partial charge in [-0.3, -0.25) is 0 Å². The minimum atomic E-state index is -0.223. The monoisotopic (exact) mass is 327 g/mol. The molecule has 3 rings (SSSR count). The lowest BCUT2D eigenvalue weighted by Gasteiger charge is -2.22. The molecule has 0 N–H and O–H groups in total. The second-order valence-corrected chi connectivity index (χ2v) is 5.09. The highest BCUT2D eigenvalue weighted by Crippen LogP contribution is 2.36. The van der Waals surface area contributed by atoms with Gasteiger partial charge in [0.2, 0.25) is 0 Å². The van der Waals surface area contributed by atoms with Crippen LogP contribution in [0.1, 0.15) is 28.7 Å². The maximum atomic E-state index is 6.22. The average molecular weight is 329 g/mol. The topological polar surface area (TPSA) is 35.3 Å². The Bertz CT molecular complexity index is 570. The van der Waals surface area contributed by atoms with E-state index in [0.717, 1.165) is 29.0 Å². The van der Waals surface area contributed by atoms with Gasteiger partial charge in [0.05, 0.1) is 11.9 Å². The second-order valence-electron chi connectivity index (χ2n) is 4.13. The summed E-state index contributed by atoms with van der Waals surface area (Å²) in [5, 5.41) is 5.50. The molecule has 18 heavy (non-hydrogen) atoms. The number of hydrogen-bond donors (Lipinski definition) is 0. The highest BCUT2D eigenvalue weighted by atomic mass is 79.9. The number of alkyl halides is 1. The molecule has 1 aromatic heterocycles. The third kappa shape index (κ3) is 1.98. The molecule has 0 amide bonds. The zero-order valence-electron chi connectivity index (χ0n) is 9.53. The van der Waals surface area contributed by atoms with Crippen LogP contribution >= 0.6 is 27.5 Å². The predicted octanol–water partition coefficient (Wildman–Crippen LogP) is 3.89. The first-order valence-electron chi connectivity index (χ1n) is 5.70. The molecule has 0 saturated carbocycles. The van der Waals surface area contributed by atoms with E-state index in [1.807, 2.05) is 24.3 Å². The fourth-order valence-electron chi connectivity index (χ4n) is 2.22. The molecule has 0 aliphatic carbocycles. The Morgan fingerprint density at radius 2 is 2.22 bits per heavy atom. The van der Waals surface area contributed by atoms with E-state index < -0.39 is 0 Å². The molecule has 1 unspecified atom stereocenters. The van der Waals surface area contributed by atoms with E-state index in [4.69, 9.17) is 20.9 Å². The summed E-state index contributed by atoms with van der Waals surface area (Å²) in [6, 6.07) is 7.68. The van der Waals surface area contributed by atoms with E-state index in [9.17, 15) is 0 Å². The number of halogens is 2. The maximum absolute atomic E-state index is 6.22. The summed E-state index contributed by atoms with van der Waals surface area (Å²) in [7, 11) is 0. The Labute approximate surface area is 118 Å². The van der Waals surface area contributed by atoms with Crippen LogP contribution in [0.15, 0.2) is 28.8 Å². The van der Waals surface area contributed by atoms with Crippen LogP contribution in [0.3, 0.4) is 0 Å². The summed E-state index contributed by atoms with van der Waals surface area (Å²) in [6.07, 6.45) is 0.611. The minimum absolute atomic E-state index is 0.223. The molecule has 0 radical (unpaired) electrons. The van der Waals surface area contributed by atoms with Gasteiger partial charge in [-0.1, -0.05) is 50.9 Å². The van der Waals surface area contributed by atoms with E-state index >= 15 is 0 Å². The Morgan fingerprint density at radius 1 is 1.39 bits per heavy atom. The summed E-state index contributed by atoms with van der Waals surface area (Å²) in [4.78, 5) is 0. The Hall–Kier alpha value is -0.840. The molecule has 1 aromatic carbocycles. The highest BCUT2D eigenvalue weighted by Gasteiger charge is 2.30. The zero-order valence-corrected chi connectivity index (χ0v) is 11.9. The summed E-state index contributed by atoms with van der Waals surface area (Å²) in [5.74, 6) is 0.880. The lowest BCUT2D eigenvalue weighted by molar-refractivity contribution is 0.0657. The number of aromatic nitrogens is 1. The van der Waals surface area contributed by atoms with Gasteiger partial charge in [-0.25, -0.2) is 0 Å². The number of rotatable bonds is 2. The van der Waals surface area contributed by atoms with Crippen LogP contribution in [0.25, 0.3) is 0 Å². The van der Waals surface area contributed by atoms with Crippen molar-refractivity contribution in [3.8, 4) is 0 Å². The number of hydrogen-bond acceptors (Lipinski definition) is 3. The van der Waals surface area contributed by atoms with Crippen molar-refractivity contribution in [2.75, 3.05) is 6.61 Å². The van der Waals surface area contributed by atoms with Crippen LogP contribution in [-0.4, -0.2) is 11.8 Å². The van der Waals surface area contributed by atoms with Crippen LogP contribution in [-0.2, 0) is 16.5 Å². The predicted molar refractivity (Wildman–Crippen MR) is 72.1 cm³/mol. The van der Waals surface area contributed by atoms with Crippen molar-refractivity contribution >= 4 is 27.5 Å². The lowest BCUT2D eigenvalue weighted by Crippen LogP contribution is -2.17. The molecule has 0 saturated heterocycles. The average Bonchev–Trinajstić information content (AvgIpc) is 2.82. The summed E-state index contributed by atoms with van der Waals surface area (Å²) < 4.78 is 11.1. The standard InChI is InChI=1S/C13H11BrClNO2/c14-7-11-9-5-6-17-13(12(9)16-18-11)8-3-1-2-4-10(8)15/h1-4,13H,5-7H2. The van der Waals surface area contributed by atoms with Gasteiger partial charge in [0.15, 0.2) is 5.76 Å². The highest BCUT2D eigenvalue weighted by molar-refractivity contribution is 9.08. The molecule has 94 valence electrons. The first-order chi connectivity index (χ1) is 8.81. The first-order valence-corrected chi connectivity index (χ1v) is 7.20. The van der Waals surface area contributed by atoms with Crippen molar-refractivity contribution in [1.82, 2.24) is 5.16 Å². The van der Waals surface area contributed by atoms with Gasteiger partial charge in [-0.05, 0) is 6.07 Å². The third-order valence-electron chi connectivity index (χ3n) is 3.09. The Morgan fingerprint density at radius 3 is 3.00 bits per heavy atom. The van der Waals surface area contributed by atoms with E-state index in [0.29, 0.717) is 17.0 Å². The van der Waals surface area contributed by atoms with Crippen molar-refractivity contribution in [2.24, 2.45) is 0 Å². The van der Waals surface area contributed by atoms with E-state index in [1.165, 1.54) is 0 Å². The number of fused-ring (bicyclic) bond motifs is 1. The smallest absolute Gasteiger partial charge is 0.150 e. The van der Waals surface area contributed by atoms with Gasteiger partial charge in [-0.15, -0.1) is 0 Å². The molecule has 0 fully saturated rings. The maximum Gasteiger partial charge on any atom is 0.150 e. The van der Waals surface area contributed by atoms with Crippen LogP contribution in [0.2, 0.25) is 5.02 Å². The zero-order chi connectivity index (χ0) is 12.5. The summed E-state index contributed by atoms with van der Waals surface area (Å²) in [6.45, 7) is 0.657. The largest absolute Gasteiger partial charge is 0.367 e. The number of ether oxygens (including phenoxy) is 1. The fraction of sp³-hybridized carbons (Fsp3) is 0.308. The third-order valence-corrected chi connectivity index (χ3v) is 3.95. The molecule has 2 aromatic rings. The van der Waals surface area contributed by atoms with Crippen LogP contribution in [0, 0.1) is 0 Å². The van der Waals surface area contributed by atoms with Gasteiger partial charge in [0.25, 0.3) is 0 Å². The lowest BCUT2D eigenvalue weighted by atomic mass is 9.98. The SMILES string of the molecule is Clc1ccccc1C1OCCc2c1noc2CBr. The van der Waals surface area contributed by atoms with Gasteiger partial charge in [0, 0.05) is 22.6 Å². The molecular weight excluding hydrogens is 318 g/mol. The molecule has 3 nitrogen and oxygen atoms in total. The van der Waals surface area contributed by atoms with Gasteiger partial charge < -0.3 is 9.26 Å². The number of nitrogens with zero attached hydrogens (tertiary/aromatic N) is 1. The molecule has 5 heteroatoms. The van der Waals surface area contributed by atoms with Crippen LogP contribution < -0.4 is 0 Å². The van der Waals surface area contributed by atoms with E-state index in [2.05, 4.69) is 21.1 Å². The number of benzene rings is 1. The van der Waals surface area contributed by atoms with Crippen LogP contribution in [0.4, 0.5) is 0 Å². The summed E-state index contributed by atoms with van der Waals surface area (Å²) >= 11 is 9.62. The Balaban J connectivity index is 2.07. The minimum Gasteiger partial charge on any atom is -0.367 e. The normalized spacial score (nSPS) is 18.7. The molecule has 0 spiro atoms. The van der Waals surface area contributed by atoms with Crippen molar-refractivity contribution in [2.45, 2.75) is 17.9 Å². The van der Waals surface area contributed by atoms with E-state index in [1.54, 1.807) is 0 Å². The van der Waals surface area contributed by atoms with Crippen molar-refractivity contribution in [3.05, 3.63) is 51.9 Å². The van der Waals surface area contributed by atoms with Crippen LogP contribution in [0.5, 0.6) is 0 Å². The molecule has 1 atom stereocenters. The first kappa shape index (κ1) is 12.2. The van der Waals surface area contributed by atoms with Crippen molar-refractivity contribution in [1.29, 1.82) is 0 Å². The van der Waals surface area contributed by atoms with Gasteiger partial charge >= 0.3 is 0 Å². The molecular formula is C13H11BrClNO2. The Kier molecular flexibility index (Phi) is 3.41. The van der Waals surface area contributed by atoms with Gasteiger partial charge in [0.1, 0.15) is 11.8 Å². The quantitative estimate of drug-likeness (QED) is 0.785. The van der Waals surface area contributed by atoms with Crippen molar-refractivity contribution < 1.29 is 9.26 Å². The van der Waals surface area contributed by atoms with E-state index in [-0.39, 0.29) is 6.10 Å². The molecule has 1 aliphatic rings. The van der Waals surface area contributed by atoms with Crippen molar-refractivity contribution in [3.63, 3.8) is 0 Å².